The lowest BCUT2D eigenvalue weighted by molar-refractivity contribution is -0.137. The third-order valence-electron chi connectivity index (χ3n) is 0.758. The first-order valence-corrected chi connectivity index (χ1v) is 4.31. The fraction of sp³-hybridized carbons (Fsp3) is 0.375. The molecular weight excluding hydrogens is 208 g/mol. The van der Waals surface area contributed by atoms with Gasteiger partial charge in [0.1, 0.15) is 0 Å². The number of rotatable bonds is 2. The fourth-order valence-electron chi connectivity index (χ4n) is 0.398. The topological polar surface area (TPSA) is 26.3 Å². The van der Waals surface area contributed by atoms with E-state index in [0.29, 0.717) is 11.9 Å². The van der Waals surface area contributed by atoms with Crippen molar-refractivity contribution in [1.82, 2.24) is 0 Å². The average molecular weight is 217 g/mol. The van der Waals surface area contributed by atoms with E-state index in [9.17, 15) is 4.79 Å². The summed E-state index contributed by atoms with van der Waals surface area (Å²) in [5, 5.41) is 0.611. The summed E-state index contributed by atoms with van der Waals surface area (Å²) >= 11 is 3.12. The average Bonchev–Trinajstić information content (AvgIpc) is 1.99. The van der Waals surface area contributed by atoms with Gasteiger partial charge in [-0.05, 0) is 13.0 Å². The van der Waals surface area contributed by atoms with E-state index in [1.54, 1.807) is 6.92 Å². The third-order valence-corrected chi connectivity index (χ3v) is 1.04. The lowest BCUT2D eigenvalue weighted by Crippen LogP contribution is -1.98. The number of allylic oxidation sites excluding steroid dienone is 1. The monoisotopic (exact) mass is 216 g/mol. The Hall–Kier alpha value is -0.750. The van der Waals surface area contributed by atoms with Crippen molar-refractivity contribution >= 4 is 21.9 Å². The van der Waals surface area contributed by atoms with E-state index < -0.39 is 0 Å². The van der Waals surface area contributed by atoms with Gasteiger partial charge in [0, 0.05) is 6.08 Å². The second-order valence-corrected chi connectivity index (χ2v) is 2.10. The highest BCUT2D eigenvalue weighted by Crippen LogP contribution is 1.80. The Labute approximate surface area is 74.7 Å². The molecule has 0 aromatic rings. The van der Waals surface area contributed by atoms with Crippen molar-refractivity contribution in [2.75, 3.05) is 11.9 Å². The van der Waals surface area contributed by atoms with Gasteiger partial charge in [0.25, 0.3) is 0 Å². The second kappa shape index (κ2) is 7.36. The quantitative estimate of drug-likeness (QED) is 0.303. The van der Waals surface area contributed by atoms with E-state index in [1.165, 1.54) is 12.2 Å². The zero-order chi connectivity index (χ0) is 8.53. The summed E-state index contributed by atoms with van der Waals surface area (Å²) in [6, 6.07) is 0. The van der Waals surface area contributed by atoms with Gasteiger partial charge in [0.05, 0.1) is 11.9 Å². The molecule has 0 heterocycles. The van der Waals surface area contributed by atoms with Crippen LogP contribution in [0, 0.1) is 11.8 Å². The van der Waals surface area contributed by atoms with E-state index in [4.69, 9.17) is 0 Å². The molecule has 0 atom stereocenters. The first-order chi connectivity index (χ1) is 5.31. The molecule has 3 heteroatoms. The van der Waals surface area contributed by atoms with Gasteiger partial charge >= 0.3 is 5.97 Å². The molecule has 0 saturated heterocycles. The minimum atomic E-state index is -0.351. The Morgan fingerprint density at radius 1 is 1.73 bits per heavy atom. The Morgan fingerprint density at radius 2 is 2.45 bits per heavy atom. The van der Waals surface area contributed by atoms with Crippen molar-refractivity contribution in [1.29, 1.82) is 0 Å². The molecule has 0 spiro atoms. The minimum Gasteiger partial charge on any atom is -0.463 e. The van der Waals surface area contributed by atoms with Crippen molar-refractivity contribution in [3.05, 3.63) is 12.2 Å². The number of ether oxygens (including phenoxy) is 1. The highest BCUT2D eigenvalue weighted by Gasteiger charge is 1.89. The molecule has 0 N–H and O–H groups in total. The van der Waals surface area contributed by atoms with Crippen LogP contribution < -0.4 is 0 Å². The van der Waals surface area contributed by atoms with Crippen molar-refractivity contribution in [3.8, 4) is 11.8 Å². The van der Waals surface area contributed by atoms with Crippen LogP contribution in [0.5, 0.6) is 0 Å². The van der Waals surface area contributed by atoms with Crippen molar-refractivity contribution < 1.29 is 9.53 Å². The molecule has 0 aromatic carbocycles. The van der Waals surface area contributed by atoms with Crippen molar-refractivity contribution in [3.63, 3.8) is 0 Å². The van der Waals surface area contributed by atoms with Gasteiger partial charge < -0.3 is 4.74 Å². The van der Waals surface area contributed by atoms with Crippen LogP contribution >= 0.6 is 15.9 Å². The van der Waals surface area contributed by atoms with Crippen molar-refractivity contribution in [2.45, 2.75) is 6.92 Å². The standard InChI is InChI=1S/C8H9BrO2/c1-2-11-8(10)6-4-3-5-7-9/h4,6H,2,7H2,1H3/b6-4+. The molecule has 0 aromatic heterocycles. The molecular formula is C8H9BrO2. The van der Waals surface area contributed by atoms with Gasteiger partial charge in [-0.3, -0.25) is 0 Å². The highest BCUT2D eigenvalue weighted by atomic mass is 79.9. The predicted molar refractivity (Wildman–Crippen MR) is 47.3 cm³/mol. The maximum Gasteiger partial charge on any atom is 0.331 e. The molecule has 60 valence electrons. The molecule has 0 bridgehead atoms. The SMILES string of the molecule is CCOC(=O)/C=C/C#CCBr. The highest BCUT2D eigenvalue weighted by molar-refractivity contribution is 9.09. The fourth-order valence-corrected chi connectivity index (χ4v) is 0.559. The normalized spacial score (nSPS) is 8.91. The molecule has 0 fully saturated rings. The lowest BCUT2D eigenvalue weighted by atomic mass is 10.5. The van der Waals surface area contributed by atoms with E-state index in [0.717, 1.165) is 0 Å². The van der Waals surface area contributed by atoms with Crippen LogP contribution in [0.1, 0.15) is 6.92 Å². The number of halogens is 1. The molecule has 0 aliphatic heterocycles. The number of esters is 1. The van der Waals surface area contributed by atoms with Crippen LogP contribution in [0.2, 0.25) is 0 Å². The number of carbonyl (C=O) groups excluding carboxylic acids is 1. The number of alkyl halides is 1. The van der Waals surface area contributed by atoms with Crippen LogP contribution in [0.4, 0.5) is 0 Å². The van der Waals surface area contributed by atoms with Gasteiger partial charge in [-0.1, -0.05) is 27.8 Å². The summed E-state index contributed by atoms with van der Waals surface area (Å²) in [6.45, 7) is 2.16. The van der Waals surface area contributed by atoms with E-state index in [-0.39, 0.29) is 5.97 Å². The maximum atomic E-state index is 10.6. The van der Waals surface area contributed by atoms with Gasteiger partial charge in [-0.25, -0.2) is 4.79 Å². The van der Waals surface area contributed by atoms with Crippen LogP contribution in [-0.2, 0) is 9.53 Å². The summed E-state index contributed by atoms with van der Waals surface area (Å²) in [5.41, 5.74) is 0. The smallest absolute Gasteiger partial charge is 0.331 e. The molecule has 0 unspecified atom stereocenters. The molecule has 0 rings (SSSR count). The molecule has 0 aliphatic rings. The van der Waals surface area contributed by atoms with Crippen LogP contribution in [0.3, 0.4) is 0 Å². The third kappa shape index (κ3) is 7.14. The number of hydrogen-bond acceptors (Lipinski definition) is 2. The molecule has 0 saturated carbocycles. The molecule has 0 amide bonds. The molecule has 2 nitrogen and oxygen atoms in total. The molecule has 0 radical (unpaired) electrons. The van der Waals surface area contributed by atoms with Gasteiger partial charge in [0.2, 0.25) is 0 Å². The van der Waals surface area contributed by atoms with Gasteiger partial charge in [-0.2, -0.15) is 0 Å². The zero-order valence-electron chi connectivity index (χ0n) is 6.26. The van der Waals surface area contributed by atoms with Crippen LogP contribution in [-0.4, -0.2) is 17.9 Å². The largest absolute Gasteiger partial charge is 0.463 e. The summed E-state index contributed by atoms with van der Waals surface area (Å²) < 4.78 is 4.62. The van der Waals surface area contributed by atoms with E-state index in [1.807, 2.05) is 0 Å². The van der Waals surface area contributed by atoms with E-state index in [2.05, 4.69) is 32.5 Å². The van der Waals surface area contributed by atoms with Crippen LogP contribution in [0.15, 0.2) is 12.2 Å². The van der Waals surface area contributed by atoms with E-state index >= 15 is 0 Å². The Bertz CT molecular complexity index is 198. The summed E-state index contributed by atoms with van der Waals surface area (Å²) in [5.74, 6) is 5.01. The Balaban J connectivity index is 3.65. The lowest BCUT2D eigenvalue weighted by Gasteiger charge is -1.91. The predicted octanol–water partition coefficient (Wildman–Crippen LogP) is 1.50. The van der Waals surface area contributed by atoms with Crippen molar-refractivity contribution in [2.24, 2.45) is 0 Å². The molecule has 0 aliphatic carbocycles. The number of hydrogen-bond donors (Lipinski definition) is 0. The Kier molecular flexibility index (Phi) is 6.86. The Morgan fingerprint density at radius 3 is 3.00 bits per heavy atom. The summed E-state index contributed by atoms with van der Waals surface area (Å²) in [7, 11) is 0. The molecule has 11 heavy (non-hydrogen) atoms. The maximum absolute atomic E-state index is 10.6. The van der Waals surface area contributed by atoms with Crippen LogP contribution in [0.25, 0.3) is 0 Å². The first kappa shape index (κ1) is 10.2. The minimum absolute atomic E-state index is 0.351. The zero-order valence-corrected chi connectivity index (χ0v) is 7.85. The summed E-state index contributed by atoms with van der Waals surface area (Å²) in [4.78, 5) is 10.6. The summed E-state index contributed by atoms with van der Waals surface area (Å²) in [6.07, 6.45) is 2.78. The van der Waals surface area contributed by atoms with Gasteiger partial charge in [-0.15, -0.1) is 0 Å². The first-order valence-electron chi connectivity index (χ1n) is 3.19. The number of carbonyl (C=O) groups is 1. The van der Waals surface area contributed by atoms with Gasteiger partial charge in [0.15, 0.2) is 0 Å². The second-order valence-electron chi connectivity index (χ2n) is 1.54.